The number of aromatic amines is 1. The van der Waals surface area contributed by atoms with Crippen LogP contribution in [0.15, 0.2) is 24.4 Å². The first-order chi connectivity index (χ1) is 8.24. The zero-order chi connectivity index (χ0) is 11.8. The van der Waals surface area contributed by atoms with Crippen LogP contribution in [0.4, 0.5) is 0 Å². The Balaban J connectivity index is 1.94. The minimum absolute atomic E-state index is 0.495. The molecule has 0 aliphatic carbocycles. The van der Waals surface area contributed by atoms with E-state index in [4.69, 9.17) is 23.2 Å². The molecule has 1 saturated heterocycles. The Morgan fingerprint density at radius 2 is 2.06 bits per heavy atom. The number of halogens is 2. The van der Waals surface area contributed by atoms with Crippen molar-refractivity contribution in [3.63, 3.8) is 0 Å². The topological polar surface area (TPSA) is 40.7 Å². The first-order valence-corrected chi connectivity index (χ1v) is 6.20. The Labute approximate surface area is 109 Å². The number of hydrogen-bond donors (Lipinski definition) is 2. The van der Waals surface area contributed by atoms with Gasteiger partial charge in [-0.3, -0.25) is 0 Å². The lowest BCUT2D eigenvalue weighted by Crippen LogP contribution is -2.40. The van der Waals surface area contributed by atoms with E-state index < -0.39 is 0 Å². The minimum Gasteiger partial charge on any atom is -0.342 e. The van der Waals surface area contributed by atoms with Crippen LogP contribution in [0.25, 0.3) is 11.3 Å². The van der Waals surface area contributed by atoms with Gasteiger partial charge in [0.05, 0.1) is 16.9 Å². The summed E-state index contributed by atoms with van der Waals surface area (Å²) in [5, 5.41) is 4.50. The molecule has 0 saturated carbocycles. The molecule has 0 radical (unpaired) electrons. The minimum atomic E-state index is 0.495. The van der Waals surface area contributed by atoms with E-state index in [1.54, 1.807) is 6.07 Å². The number of aromatic nitrogens is 2. The summed E-state index contributed by atoms with van der Waals surface area (Å²) in [5.74, 6) is 1.51. The summed E-state index contributed by atoms with van der Waals surface area (Å²) in [4.78, 5) is 7.70. The highest BCUT2D eigenvalue weighted by atomic mass is 35.5. The molecule has 2 aromatic rings. The highest BCUT2D eigenvalue weighted by molar-refractivity contribution is 6.36. The lowest BCUT2D eigenvalue weighted by Gasteiger charge is -2.24. The van der Waals surface area contributed by atoms with Gasteiger partial charge in [0.15, 0.2) is 0 Å². The van der Waals surface area contributed by atoms with Crippen LogP contribution in [0, 0.1) is 0 Å². The Kier molecular flexibility index (Phi) is 2.82. The second kappa shape index (κ2) is 4.33. The first-order valence-electron chi connectivity index (χ1n) is 5.45. The van der Waals surface area contributed by atoms with Crippen LogP contribution in [0.3, 0.4) is 0 Å². The van der Waals surface area contributed by atoms with E-state index in [9.17, 15) is 0 Å². The Morgan fingerprint density at radius 1 is 1.24 bits per heavy atom. The van der Waals surface area contributed by atoms with Crippen molar-refractivity contribution in [2.24, 2.45) is 0 Å². The zero-order valence-electron chi connectivity index (χ0n) is 9.00. The fraction of sp³-hybridized carbons (Fsp3) is 0.250. The summed E-state index contributed by atoms with van der Waals surface area (Å²) < 4.78 is 0. The van der Waals surface area contributed by atoms with Crippen molar-refractivity contribution in [2.75, 3.05) is 13.1 Å². The highest BCUT2D eigenvalue weighted by Gasteiger charge is 2.22. The van der Waals surface area contributed by atoms with E-state index in [0.29, 0.717) is 16.0 Å². The molecule has 5 heteroatoms. The summed E-state index contributed by atoms with van der Waals surface area (Å²) in [6.07, 6.45) is 1.82. The van der Waals surface area contributed by atoms with E-state index in [-0.39, 0.29) is 0 Å². The lowest BCUT2D eigenvalue weighted by molar-refractivity contribution is 0.433. The van der Waals surface area contributed by atoms with E-state index >= 15 is 0 Å². The van der Waals surface area contributed by atoms with E-state index in [1.165, 1.54) is 0 Å². The summed E-state index contributed by atoms with van der Waals surface area (Å²) in [6.45, 7) is 1.97. The van der Waals surface area contributed by atoms with Gasteiger partial charge in [0.1, 0.15) is 5.82 Å². The van der Waals surface area contributed by atoms with Crippen LogP contribution >= 0.6 is 23.2 Å². The Morgan fingerprint density at radius 3 is 2.71 bits per heavy atom. The molecule has 1 aliphatic rings. The fourth-order valence-corrected chi connectivity index (χ4v) is 2.38. The van der Waals surface area contributed by atoms with Crippen molar-refractivity contribution in [1.29, 1.82) is 0 Å². The number of imidazole rings is 1. The van der Waals surface area contributed by atoms with Gasteiger partial charge in [-0.05, 0) is 18.2 Å². The number of benzene rings is 1. The maximum absolute atomic E-state index is 6.16. The third-order valence-corrected chi connectivity index (χ3v) is 3.53. The average molecular weight is 268 g/mol. The second-order valence-corrected chi connectivity index (χ2v) is 5.01. The maximum Gasteiger partial charge on any atom is 0.112 e. The van der Waals surface area contributed by atoms with Crippen molar-refractivity contribution in [3.8, 4) is 11.3 Å². The van der Waals surface area contributed by atoms with E-state index in [1.807, 2.05) is 18.3 Å². The quantitative estimate of drug-likeness (QED) is 0.878. The van der Waals surface area contributed by atoms with Gasteiger partial charge in [0, 0.05) is 29.6 Å². The van der Waals surface area contributed by atoms with Crippen molar-refractivity contribution in [3.05, 3.63) is 40.3 Å². The molecule has 1 aromatic heterocycles. The van der Waals surface area contributed by atoms with Crippen LogP contribution in [0.2, 0.25) is 10.0 Å². The standard InChI is InChI=1S/C12H11Cl2N3/c13-8-1-2-9(10(14)3-8)11-6-16-12(17-11)7-4-15-5-7/h1-3,6-7,15H,4-5H2,(H,16,17). The molecule has 17 heavy (non-hydrogen) atoms. The van der Waals surface area contributed by atoms with Gasteiger partial charge in [-0.2, -0.15) is 0 Å². The number of rotatable bonds is 2. The molecular weight excluding hydrogens is 257 g/mol. The summed E-state index contributed by atoms with van der Waals surface area (Å²) in [7, 11) is 0. The van der Waals surface area contributed by atoms with Crippen LogP contribution in [-0.4, -0.2) is 23.1 Å². The normalized spacial score (nSPS) is 15.9. The molecule has 3 nitrogen and oxygen atoms in total. The predicted octanol–water partition coefficient (Wildman–Crippen LogP) is 3.07. The molecule has 3 rings (SSSR count). The SMILES string of the molecule is Clc1ccc(-c2cnc(C3CNC3)[nH]2)c(Cl)c1. The molecule has 1 aromatic carbocycles. The molecule has 0 bridgehead atoms. The number of nitrogens with one attached hydrogen (secondary N) is 2. The van der Waals surface area contributed by atoms with Gasteiger partial charge in [-0.25, -0.2) is 4.98 Å². The summed E-state index contributed by atoms with van der Waals surface area (Å²) in [6, 6.07) is 5.47. The number of H-pyrrole nitrogens is 1. The van der Waals surface area contributed by atoms with Gasteiger partial charge in [0.25, 0.3) is 0 Å². The summed E-state index contributed by atoms with van der Waals surface area (Å²) in [5.41, 5.74) is 1.87. The molecule has 2 heterocycles. The monoisotopic (exact) mass is 267 g/mol. The molecule has 2 N–H and O–H groups in total. The Bertz CT molecular complexity index is 546. The van der Waals surface area contributed by atoms with Gasteiger partial charge in [-0.1, -0.05) is 23.2 Å². The predicted molar refractivity (Wildman–Crippen MR) is 69.7 cm³/mol. The van der Waals surface area contributed by atoms with Gasteiger partial charge in [0.2, 0.25) is 0 Å². The molecule has 1 fully saturated rings. The molecule has 0 amide bonds. The largest absolute Gasteiger partial charge is 0.342 e. The Hall–Kier alpha value is -1.03. The van der Waals surface area contributed by atoms with Crippen molar-refractivity contribution < 1.29 is 0 Å². The highest BCUT2D eigenvalue weighted by Crippen LogP contribution is 2.30. The molecule has 0 unspecified atom stereocenters. The number of hydrogen-bond acceptors (Lipinski definition) is 2. The molecule has 0 spiro atoms. The van der Waals surface area contributed by atoms with Crippen LogP contribution < -0.4 is 5.32 Å². The van der Waals surface area contributed by atoms with Crippen LogP contribution in [0.5, 0.6) is 0 Å². The third kappa shape index (κ3) is 2.06. The van der Waals surface area contributed by atoms with E-state index in [0.717, 1.165) is 30.2 Å². The number of nitrogens with zero attached hydrogens (tertiary/aromatic N) is 1. The molecule has 88 valence electrons. The van der Waals surface area contributed by atoms with Gasteiger partial charge >= 0.3 is 0 Å². The molecule has 0 atom stereocenters. The second-order valence-electron chi connectivity index (χ2n) is 4.16. The molecular formula is C12H11Cl2N3. The average Bonchev–Trinajstić information content (AvgIpc) is 2.64. The zero-order valence-corrected chi connectivity index (χ0v) is 10.5. The smallest absolute Gasteiger partial charge is 0.112 e. The van der Waals surface area contributed by atoms with Gasteiger partial charge in [-0.15, -0.1) is 0 Å². The fourth-order valence-electron chi connectivity index (χ4n) is 1.87. The maximum atomic E-state index is 6.16. The van der Waals surface area contributed by atoms with Crippen molar-refractivity contribution >= 4 is 23.2 Å². The van der Waals surface area contributed by atoms with Crippen LogP contribution in [0.1, 0.15) is 11.7 Å². The van der Waals surface area contributed by atoms with Crippen molar-refractivity contribution in [1.82, 2.24) is 15.3 Å². The third-order valence-electron chi connectivity index (χ3n) is 2.98. The van der Waals surface area contributed by atoms with Gasteiger partial charge < -0.3 is 10.3 Å². The van der Waals surface area contributed by atoms with Crippen LogP contribution in [-0.2, 0) is 0 Å². The van der Waals surface area contributed by atoms with E-state index in [2.05, 4.69) is 15.3 Å². The summed E-state index contributed by atoms with van der Waals surface area (Å²) >= 11 is 12.0. The lowest BCUT2D eigenvalue weighted by atomic mass is 10.0. The molecule has 1 aliphatic heterocycles. The first kappa shape index (κ1) is 11.1. The van der Waals surface area contributed by atoms with Crippen molar-refractivity contribution in [2.45, 2.75) is 5.92 Å².